The Morgan fingerprint density at radius 3 is 1.52 bits per heavy atom. The largest absolute Gasteiger partial charge is 0.463 e. The molecule has 8 nitrogen and oxygen atoms in total. The van der Waals surface area contributed by atoms with Gasteiger partial charge in [0.1, 0.15) is 6.10 Å². The Bertz CT molecular complexity index is 748. The summed E-state index contributed by atoms with van der Waals surface area (Å²) in [5.41, 5.74) is 0. The van der Waals surface area contributed by atoms with E-state index in [1.165, 1.54) is 77.0 Å². The molecule has 0 aliphatic heterocycles. The third-order valence-electron chi connectivity index (χ3n) is 8.23. The first kappa shape index (κ1) is 45.8. The molecule has 0 saturated carbocycles. The van der Waals surface area contributed by atoms with Gasteiger partial charge in [0.15, 0.2) is 0 Å². The summed E-state index contributed by atoms with van der Waals surface area (Å²) in [5, 5.41) is 7.57. The standard InChI is InChI=1S/C40H75N3O5/c1-5-7-9-11-19-25-31-39(44)46-35-27-21-15-13-17-23-29-38(48-42-34-33-41-37-43(3)4)30-24-18-14-16-22-28-36-47-40(45)32-26-20-12-10-8-6-2/h25-26,31-32,34,38,41H,5-24,27-30,33,35-37H2,1-4H3/b31-25-,32-26-,42-34+. The van der Waals surface area contributed by atoms with Crippen molar-refractivity contribution in [3.63, 3.8) is 0 Å². The van der Waals surface area contributed by atoms with Crippen molar-refractivity contribution in [2.24, 2.45) is 5.16 Å². The molecule has 0 unspecified atom stereocenters. The second-order valence-corrected chi connectivity index (χ2v) is 13.4. The summed E-state index contributed by atoms with van der Waals surface area (Å²) in [4.78, 5) is 31.6. The molecule has 280 valence electrons. The maximum absolute atomic E-state index is 11.8. The molecule has 0 saturated heterocycles. The number of allylic oxidation sites excluding steroid dienone is 2. The third-order valence-corrected chi connectivity index (χ3v) is 8.23. The number of carbonyl (C=O) groups excluding carboxylic acids is 2. The second kappa shape index (κ2) is 37.6. The highest BCUT2D eigenvalue weighted by molar-refractivity contribution is 5.82. The van der Waals surface area contributed by atoms with Gasteiger partial charge >= 0.3 is 11.9 Å². The monoisotopic (exact) mass is 678 g/mol. The summed E-state index contributed by atoms with van der Waals surface area (Å²) in [6.07, 6.45) is 36.2. The lowest BCUT2D eigenvalue weighted by atomic mass is 10.0. The van der Waals surface area contributed by atoms with Crippen molar-refractivity contribution < 1.29 is 23.9 Å². The Hall–Kier alpha value is -2.19. The molecule has 0 aliphatic carbocycles. The molecule has 0 aromatic carbocycles. The number of hydrogen-bond donors (Lipinski definition) is 1. The highest BCUT2D eigenvalue weighted by Gasteiger charge is 2.10. The number of ether oxygens (including phenoxy) is 2. The van der Waals surface area contributed by atoms with Crippen LogP contribution in [-0.4, -0.2) is 69.7 Å². The maximum atomic E-state index is 11.8. The van der Waals surface area contributed by atoms with Crippen LogP contribution in [0, 0.1) is 0 Å². The number of unbranched alkanes of at least 4 members (excludes halogenated alkanes) is 18. The molecule has 0 aromatic rings. The van der Waals surface area contributed by atoms with E-state index in [0.717, 1.165) is 83.7 Å². The summed E-state index contributed by atoms with van der Waals surface area (Å²) < 4.78 is 10.7. The zero-order valence-corrected chi connectivity index (χ0v) is 31.7. The van der Waals surface area contributed by atoms with Gasteiger partial charge in [-0.2, -0.15) is 0 Å². The molecule has 8 heteroatoms. The first-order chi connectivity index (χ1) is 23.5. The lowest BCUT2D eigenvalue weighted by molar-refractivity contribution is -0.138. The molecule has 0 aliphatic rings. The Morgan fingerprint density at radius 1 is 0.625 bits per heavy atom. The van der Waals surface area contributed by atoms with E-state index in [2.05, 4.69) is 29.2 Å². The average Bonchev–Trinajstić information content (AvgIpc) is 3.07. The van der Waals surface area contributed by atoms with Crippen molar-refractivity contribution in [1.82, 2.24) is 10.2 Å². The molecule has 48 heavy (non-hydrogen) atoms. The van der Waals surface area contributed by atoms with Crippen LogP contribution in [0.3, 0.4) is 0 Å². The molecule has 0 amide bonds. The van der Waals surface area contributed by atoms with Crippen LogP contribution in [0.2, 0.25) is 0 Å². The van der Waals surface area contributed by atoms with Crippen LogP contribution in [0.15, 0.2) is 29.5 Å². The minimum atomic E-state index is -0.206. The summed E-state index contributed by atoms with van der Waals surface area (Å²) >= 11 is 0. The highest BCUT2D eigenvalue weighted by atomic mass is 16.6. The van der Waals surface area contributed by atoms with Crippen LogP contribution in [0.1, 0.15) is 168 Å². The van der Waals surface area contributed by atoms with Gasteiger partial charge in [-0.25, -0.2) is 9.59 Å². The van der Waals surface area contributed by atoms with Crippen LogP contribution >= 0.6 is 0 Å². The van der Waals surface area contributed by atoms with Crippen LogP contribution in [-0.2, 0) is 23.9 Å². The van der Waals surface area contributed by atoms with E-state index in [9.17, 15) is 9.59 Å². The van der Waals surface area contributed by atoms with Gasteiger partial charge in [-0.3, -0.25) is 10.2 Å². The summed E-state index contributed by atoms with van der Waals surface area (Å²) in [7, 11) is 4.07. The van der Waals surface area contributed by atoms with E-state index in [-0.39, 0.29) is 18.0 Å². The van der Waals surface area contributed by atoms with E-state index in [1.54, 1.807) is 12.2 Å². The van der Waals surface area contributed by atoms with Crippen molar-refractivity contribution >= 4 is 18.2 Å². The number of nitrogens with one attached hydrogen (secondary N) is 1. The van der Waals surface area contributed by atoms with Gasteiger partial charge in [-0.15, -0.1) is 0 Å². The highest BCUT2D eigenvalue weighted by Crippen LogP contribution is 2.17. The van der Waals surface area contributed by atoms with Gasteiger partial charge in [0.25, 0.3) is 0 Å². The Balaban J connectivity index is 4.03. The number of rotatable bonds is 36. The minimum absolute atomic E-state index is 0.160. The third kappa shape index (κ3) is 36.6. The van der Waals surface area contributed by atoms with Crippen molar-refractivity contribution in [2.45, 2.75) is 174 Å². The van der Waals surface area contributed by atoms with Gasteiger partial charge in [-0.1, -0.05) is 121 Å². The Morgan fingerprint density at radius 2 is 1.06 bits per heavy atom. The van der Waals surface area contributed by atoms with Crippen LogP contribution in [0.25, 0.3) is 0 Å². The molecule has 0 atom stereocenters. The average molecular weight is 678 g/mol. The normalized spacial score (nSPS) is 12.0. The smallest absolute Gasteiger partial charge is 0.330 e. The zero-order valence-electron chi connectivity index (χ0n) is 31.7. The predicted octanol–water partition coefficient (Wildman–Crippen LogP) is 10.1. The van der Waals surface area contributed by atoms with Gasteiger partial charge < -0.3 is 14.3 Å². The van der Waals surface area contributed by atoms with Crippen molar-refractivity contribution in [3.8, 4) is 0 Å². The molecule has 0 rings (SSSR count). The van der Waals surface area contributed by atoms with Crippen molar-refractivity contribution in [2.75, 3.05) is 40.5 Å². The van der Waals surface area contributed by atoms with Gasteiger partial charge in [0, 0.05) is 25.4 Å². The number of hydrogen-bond acceptors (Lipinski definition) is 8. The topological polar surface area (TPSA) is 89.5 Å². The Labute approximate surface area is 295 Å². The summed E-state index contributed by atoms with van der Waals surface area (Å²) in [5.74, 6) is -0.413. The van der Waals surface area contributed by atoms with Gasteiger partial charge in [0.05, 0.1) is 19.4 Å². The predicted molar refractivity (Wildman–Crippen MR) is 202 cm³/mol. The second-order valence-electron chi connectivity index (χ2n) is 13.4. The molecule has 0 heterocycles. The molecule has 0 fully saturated rings. The van der Waals surface area contributed by atoms with Crippen LogP contribution < -0.4 is 5.32 Å². The lowest BCUT2D eigenvalue weighted by Gasteiger charge is -2.15. The lowest BCUT2D eigenvalue weighted by Crippen LogP contribution is -2.29. The molecule has 0 aromatic heterocycles. The molecular formula is C40H75N3O5. The SMILES string of the molecule is CCCCCC/C=C\C(=O)OCCCCCCCCC(CCCCCCCCOC(=O)/C=C\CCCCCC)O/N=C/CNCN(C)C. The van der Waals surface area contributed by atoms with E-state index in [1.807, 2.05) is 32.5 Å². The van der Waals surface area contributed by atoms with E-state index in [0.29, 0.717) is 19.8 Å². The van der Waals surface area contributed by atoms with Crippen LogP contribution in [0.4, 0.5) is 0 Å². The number of oxime groups is 1. The zero-order chi connectivity index (χ0) is 35.2. The van der Waals surface area contributed by atoms with E-state index < -0.39 is 0 Å². The van der Waals surface area contributed by atoms with Crippen LogP contribution in [0.5, 0.6) is 0 Å². The Kier molecular flexibility index (Phi) is 35.9. The fraction of sp³-hybridized carbons (Fsp3) is 0.825. The number of carbonyl (C=O) groups is 2. The first-order valence-corrected chi connectivity index (χ1v) is 19.7. The fourth-order valence-electron chi connectivity index (χ4n) is 5.31. The maximum Gasteiger partial charge on any atom is 0.330 e. The van der Waals surface area contributed by atoms with E-state index in [4.69, 9.17) is 14.3 Å². The minimum Gasteiger partial charge on any atom is -0.463 e. The number of nitrogens with zero attached hydrogens (tertiary/aromatic N) is 2. The number of esters is 2. The van der Waals surface area contributed by atoms with Crippen molar-refractivity contribution in [3.05, 3.63) is 24.3 Å². The van der Waals surface area contributed by atoms with Gasteiger partial charge in [-0.05, 0) is 78.3 Å². The van der Waals surface area contributed by atoms with Gasteiger partial charge in [0.2, 0.25) is 0 Å². The molecule has 0 radical (unpaired) electrons. The molecule has 1 N–H and O–H groups in total. The molecule has 0 bridgehead atoms. The van der Waals surface area contributed by atoms with Crippen molar-refractivity contribution in [1.29, 1.82) is 0 Å². The fourth-order valence-corrected chi connectivity index (χ4v) is 5.31. The molecule has 0 spiro atoms. The molecular weight excluding hydrogens is 602 g/mol. The summed E-state index contributed by atoms with van der Waals surface area (Å²) in [6.45, 7) is 6.95. The van der Waals surface area contributed by atoms with E-state index >= 15 is 0 Å². The summed E-state index contributed by atoms with van der Waals surface area (Å²) in [6, 6.07) is 0. The quantitative estimate of drug-likeness (QED) is 0.0176. The first-order valence-electron chi connectivity index (χ1n) is 19.7.